The molecule has 7 nitrogen and oxygen atoms in total. The van der Waals surface area contributed by atoms with E-state index in [0.717, 1.165) is 17.5 Å². The van der Waals surface area contributed by atoms with E-state index in [4.69, 9.17) is 0 Å². The molecule has 136 valence electrons. The van der Waals surface area contributed by atoms with Crippen molar-refractivity contribution in [2.45, 2.75) is 46.2 Å². The van der Waals surface area contributed by atoms with E-state index in [-0.39, 0.29) is 30.3 Å². The number of aromatic nitrogens is 2. The number of amides is 2. The molecule has 1 heterocycles. The van der Waals surface area contributed by atoms with Crippen molar-refractivity contribution in [2.24, 2.45) is 0 Å². The Balaban J connectivity index is 1.90. The van der Waals surface area contributed by atoms with E-state index in [0.29, 0.717) is 26.2 Å². The number of hydrogen-bond donors (Lipinski definition) is 2. The van der Waals surface area contributed by atoms with E-state index in [1.54, 1.807) is 9.13 Å². The molecule has 7 heteroatoms. The van der Waals surface area contributed by atoms with E-state index < -0.39 is 0 Å². The third kappa shape index (κ3) is 4.71. The predicted molar refractivity (Wildman–Crippen MR) is 97.4 cm³/mol. The second-order valence-corrected chi connectivity index (χ2v) is 5.87. The third-order valence-corrected chi connectivity index (χ3v) is 4.05. The first kappa shape index (κ1) is 18.8. The lowest BCUT2D eigenvalue weighted by molar-refractivity contribution is -0.122. The maximum atomic E-state index is 12.5. The van der Waals surface area contributed by atoms with Crippen LogP contribution >= 0.6 is 0 Å². The molecule has 0 saturated heterocycles. The maximum absolute atomic E-state index is 12.5. The Hall–Kier alpha value is -2.57. The zero-order valence-electron chi connectivity index (χ0n) is 14.9. The fraction of sp³-hybridized carbons (Fsp3) is 0.500. The van der Waals surface area contributed by atoms with Crippen molar-refractivity contribution in [1.29, 1.82) is 0 Å². The normalized spacial score (nSPS) is 10.8. The number of aryl methyl sites for hydroxylation is 2. The Labute approximate surface area is 147 Å². The van der Waals surface area contributed by atoms with Gasteiger partial charge in [-0.25, -0.2) is 4.79 Å². The fourth-order valence-corrected chi connectivity index (χ4v) is 2.76. The lowest BCUT2D eigenvalue weighted by Crippen LogP contribution is -2.32. The molecule has 0 atom stereocenters. The number of carbonyl (C=O) groups is 2. The van der Waals surface area contributed by atoms with Crippen molar-refractivity contribution in [1.82, 2.24) is 19.8 Å². The molecular formula is C18H26N4O3. The molecule has 0 radical (unpaired) electrons. The molecule has 25 heavy (non-hydrogen) atoms. The molecule has 2 aromatic rings. The van der Waals surface area contributed by atoms with Gasteiger partial charge >= 0.3 is 5.69 Å². The zero-order chi connectivity index (χ0) is 18.2. The molecule has 0 fully saturated rings. The van der Waals surface area contributed by atoms with Crippen LogP contribution in [-0.4, -0.2) is 34.0 Å². The van der Waals surface area contributed by atoms with E-state index in [1.165, 1.54) is 0 Å². The Morgan fingerprint density at radius 2 is 1.52 bits per heavy atom. The highest BCUT2D eigenvalue weighted by atomic mass is 16.2. The second-order valence-electron chi connectivity index (χ2n) is 5.87. The first-order valence-corrected chi connectivity index (χ1v) is 8.80. The van der Waals surface area contributed by atoms with Crippen LogP contribution in [0.25, 0.3) is 11.0 Å². The third-order valence-electron chi connectivity index (χ3n) is 4.05. The number of nitrogens with zero attached hydrogens (tertiary/aromatic N) is 2. The van der Waals surface area contributed by atoms with Crippen LogP contribution < -0.4 is 16.3 Å². The summed E-state index contributed by atoms with van der Waals surface area (Å²) >= 11 is 0. The number of rotatable bonds is 9. The van der Waals surface area contributed by atoms with Gasteiger partial charge in [-0.1, -0.05) is 19.1 Å². The molecular weight excluding hydrogens is 320 g/mol. The summed E-state index contributed by atoms with van der Waals surface area (Å²) in [6, 6.07) is 7.58. The molecule has 2 amide bonds. The van der Waals surface area contributed by atoms with Crippen molar-refractivity contribution in [3.05, 3.63) is 34.7 Å². The molecule has 0 aliphatic heterocycles. The van der Waals surface area contributed by atoms with Crippen molar-refractivity contribution >= 4 is 22.8 Å². The number of benzene rings is 1. The summed E-state index contributed by atoms with van der Waals surface area (Å²) < 4.78 is 3.33. The molecule has 0 aliphatic carbocycles. The van der Waals surface area contributed by atoms with E-state index in [1.807, 2.05) is 38.1 Å². The molecule has 0 saturated carbocycles. The summed E-state index contributed by atoms with van der Waals surface area (Å²) in [6.45, 7) is 5.77. The Bertz CT molecular complexity index is 791. The fourth-order valence-electron chi connectivity index (χ4n) is 2.76. The van der Waals surface area contributed by atoms with Crippen LogP contribution in [0.1, 0.15) is 33.1 Å². The van der Waals surface area contributed by atoms with Gasteiger partial charge in [0.15, 0.2) is 0 Å². The number of para-hydroxylation sites is 2. The van der Waals surface area contributed by atoms with Crippen molar-refractivity contribution in [3.8, 4) is 0 Å². The van der Waals surface area contributed by atoms with Gasteiger partial charge in [0.1, 0.15) is 0 Å². The maximum Gasteiger partial charge on any atom is 0.329 e. The Kier molecular flexibility index (Phi) is 6.80. The molecule has 1 aromatic heterocycles. The minimum absolute atomic E-state index is 0.0654. The Morgan fingerprint density at radius 3 is 2.16 bits per heavy atom. The van der Waals surface area contributed by atoms with Crippen LogP contribution in [0, 0.1) is 0 Å². The van der Waals surface area contributed by atoms with E-state index in [9.17, 15) is 14.4 Å². The molecule has 1 aromatic carbocycles. The highest BCUT2D eigenvalue weighted by Crippen LogP contribution is 2.12. The molecule has 0 unspecified atom stereocenters. The standard InChI is InChI=1S/C18H26N4O3/c1-3-11-19-16(23)9-12-20-17(24)10-13-22-15-8-6-5-7-14(15)21(4-2)18(22)25/h5-8H,3-4,9-13H2,1-2H3,(H,19,23)(H,20,24). The number of fused-ring (bicyclic) bond motifs is 1. The van der Waals surface area contributed by atoms with Crippen molar-refractivity contribution < 1.29 is 9.59 Å². The number of imidazole rings is 1. The quantitative estimate of drug-likeness (QED) is 0.716. The minimum atomic E-state index is -0.163. The lowest BCUT2D eigenvalue weighted by atomic mass is 10.3. The number of hydrogen-bond acceptors (Lipinski definition) is 3. The van der Waals surface area contributed by atoms with Crippen LogP contribution in [0.5, 0.6) is 0 Å². The summed E-state index contributed by atoms with van der Waals surface area (Å²) in [5, 5.41) is 5.49. The average molecular weight is 346 g/mol. The highest BCUT2D eigenvalue weighted by molar-refractivity contribution is 5.79. The van der Waals surface area contributed by atoms with Crippen molar-refractivity contribution in [3.63, 3.8) is 0 Å². The van der Waals surface area contributed by atoms with Gasteiger partial charge in [0.25, 0.3) is 0 Å². The molecule has 2 N–H and O–H groups in total. The summed E-state index contributed by atoms with van der Waals surface area (Å²) in [6.07, 6.45) is 1.35. The average Bonchev–Trinajstić information content (AvgIpc) is 2.89. The largest absolute Gasteiger partial charge is 0.356 e. The van der Waals surface area contributed by atoms with Gasteiger partial charge in [-0.05, 0) is 25.5 Å². The van der Waals surface area contributed by atoms with Gasteiger partial charge in [-0.3, -0.25) is 18.7 Å². The zero-order valence-corrected chi connectivity index (χ0v) is 14.9. The van der Waals surface area contributed by atoms with Gasteiger partial charge in [0.05, 0.1) is 11.0 Å². The van der Waals surface area contributed by atoms with Crippen LogP contribution in [0.4, 0.5) is 0 Å². The van der Waals surface area contributed by atoms with Crippen molar-refractivity contribution in [2.75, 3.05) is 13.1 Å². The van der Waals surface area contributed by atoms with E-state index in [2.05, 4.69) is 10.6 Å². The SMILES string of the molecule is CCCNC(=O)CCNC(=O)CCn1c(=O)n(CC)c2ccccc21. The summed E-state index contributed by atoms with van der Waals surface area (Å²) in [7, 11) is 0. The van der Waals surface area contributed by atoms with Gasteiger partial charge in [-0.15, -0.1) is 0 Å². The predicted octanol–water partition coefficient (Wildman–Crippen LogP) is 1.25. The van der Waals surface area contributed by atoms with Gasteiger partial charge in [-0.2, -0.15) is 0 Å². The van der Waals surface area contributed by atoms with Crippen LogP contribution in [-0.2, 0) is 22.7 Å². The van der Waals surface area contributed by atoms with E-state index >= 15 is 0 Å². The van der Waals surface area contributed by atoms with Gasteiger partial charge < -0.3 is 10.6 Å². The summed E-state index contributed by atoms with van der Waals surface area (Å²) in [4.78, 5) is 35.9. The Morgan fingerprint density at radius 1 is 0.920 bits per heavy atom. The summed E-state index contributed by atoms with van der Waals surface area (Å²) in [5.41, 5.74) is 1.61. The number of nitrogens with one attached hydrogen (secondary N) is 2. The second kappa shape index (κ2) is 9.05. The van der Waals surface area contributed by atoms with Gasteiger partial charge in [0, 0.05) is 39.0 Å². The van der Waals surface area contributed by atoms with Crippen LogP contribution in [0.3, 0.4) is 0 Å². The van der Waals surface area contributed by atoms with Crippen LogP contribution in [0.2, 0.25) is 0 Å². The van der Waals surface area contributed by atoms with Crippen LogP contribution in [0.15, 0.2) is 29.1 Å². The summed E-state index contributed by atoms with van der Waals surface area (Å²) in [5.74, 6) is -0.229. The molecule has 2 rings (SSSR count). The highest BCUT2D eigenvalue weighted by Gasteiger charge is 2.12. The molecule has 0 aliphatic rings. The first-order valence-electron chi connectivity index (χ1n) is 8.80. The monoisotopic (exact) mass is 346 g/mol. The molecule has 0 spiro atoms. The minimum Gasteiger partial charge on any atom is -0.356 e. The smallest absolute Gasteiger partial charge is 0.329 e. The first-order chi connectivity index (χ1) is 12.1. The topological polar surface area (TPSA) is 85.1 Å². The lowest BCUT2D eigenvalue weighted by Gasteiger charge is -2.07. The number of carbonyl (C=O) groups excluding carboxylic acids is 2. The molecule has 0 bridgehead atoms. The van der Waals surface area contributed by atoms with Gasteiger partial charge in [0.2, 0.25) is 11.8 Å².